The summed E-state index contributed by atoms with van der Waals surface area (Å²) in [4.78, 5) is 14.7. The maximum absolute atomic E-state index is 12.3. The first kappa shape index (κ1) is 19.3. The van der Waals surface area contributed by atoms with E-state index in [1.807, 2.05) is 24.3 Å². The molecule has 2 N–H and O–H groups in total. The topological polar surface area (TPSA) is 79.4 Å². The first-order chi connectivity index (χ1) is 13.1. The van der Waals surface area contributed by atoms with Crippen LogP contribution < -0.4 is 10.6 Å². The van der Waals surface area contributed by atoms with E-state index in [0.29, 0.717) is 17.4 Å². The number of benzene rings is 1. The predicted octanol–water partition coefficient (Wildman–Crippen LogP) is 2.60. The Balaban J connectivity index is 1.47. The highest BCUT2D eigenvalue weighted by atomic mass is 16.5. The number of aromatic nitrogens is 2. The number of ether oxygens (including phenoxy) is 1. The van der Waals surface area contributed by atoms with Gasteiger partial charge in [-0.05, 0) is 35.7 Å². The molecular formula is C20H27N5O2. The van der Waals surface area contributed by atoms with Crippen LogP contribution in [0.4, 0.5) is 11.5 Å². The van der Waals surface area contributed by atoms with E-state index in [0.717, 1.165) is 45.1 Å². The molecule has 0 unspecified atom stereocenters. The fourth-order valence-electron chi connectivity index (χ4n) is 2.86. The lowest BCUT2D eigenvalue weighted by Gasteiger charge is -2.26. The third-order valence-corrected chi connectivity index (χ3v) is 4.57. The van der Waals surface area contributed by atoms with Gasteiger partial charge in [-0.1, -0.05) is 26.0 Å². The number of nitrogens with one attached hydrogen (secondary N) is 2. The van der Waals surface area contributed by atoms with Crippen molar-refractivity contribution in [2.45, 2.75) is 19.8 Å². The van der Waals surface area contributed by atoms with Gasteiger partial charge in [0, 0.05) is 31.9 Å². The third-order valence-electron chi connectivity index (χ3n) is 4.57. The number of rotatable bonds is 7. The number of amides is 1. The number of hydrogen-bond donors (Lipinski definition) is 2. The van der Waals surface area contributed by atoms with Crippen LogP contribution in [0.25, 0.3) is 0 Å². The van der Waals surface area contributed by atoms with E-state index in [9.17, 15) is 4.79 Å². The molecule has 1 amide bonds. The Morgan fingerprint density at radius 3 is 2.48 bits per heavy atom. The van der Waals surface area contributed by atoms with Crippen molar-refractivity contribution in [1.82, 2.24) is 15.1 Å². The van der Waals surface area contributed by atoms with Crippen molar-refractivity contribution in [3.8, 4) is 0 Å². The van der Waals surface area contributed by atoms with Crippen LogP contribution in [0, 0.1) is 0 Å². The number of morpholine rings is 1. The van der Waals surface area contributed by atoms with Crippen molar-refractivity contribution in [2.24, 2.45) is 0 Å². The lowest BCUT2D eigenvalue weighted by molar-refractivity contribution is 0.0398. The molecule has 1 fully saturated rings. The zero-order valence-electron chi connectivity index (χ0n) is 15.9. The summed E-state index contributed by atoms with van der Waals surface area (Å²) in [5, 5.41) is 14.2. The standard InChI is InChI=1S/C20H27N5O2/c1-15(2)16-3-5-17(6-4-16)22-20(26)18-7-8-19(24-23-18)21-9-10-25-11-13-27-14-12-25/h3-8,15H,9-14H2,1-2H3,(H,21,24)(H,22,26). The summed E-state index contributed by atoms with van der Waals surface area (Å²) in [5.41, 5.74) is 2.28. The summed E-state index contributed by atoms with van der Waals surface area (Å²) >= 11 is 0. The van der Waals surface area contributed by atoms with Gasteiger partial charge in [0.1, 0.15) is 5.82 Å². The molecule has 2 aromatic rings. The third kappa shape index (κ3) is 5.74. The summed E-state index contributed by atoms with van der Waals surface area (Å²) in [6, 6.07) is 11.3. The molecular weight excluding hydrogens is 342 g/mol. The number of carbonyl (C=O) groups is 1. The van der Waals surface area contributed by atoms with Gasteiger partial charge in [0.05, 0.1) is 13.2 Å². The normalized spacial score (nSPS) is 14.9. The van der Waals surface area contributed by atoms with Crippen LogP contribution in [-0.4, -0.2) is 60.4 Å². The molecule has 0 aliphatic carbocycles. The van der Waals surface area contributed by atoms with Crippen molar-refractivity contribution in [3.05, 3.63) is 47.7 Å². The maximum Gasteiger partial charge on any atom is 0.276 e. The highest BCUT2D eigenvalue weighted by molar-refractivity contribution is 6.02. The molecule has 0 saturated carbocycles. The summed E-state index contributed by atoms with van der Waals surface area (Å²) in [6.07, 6.45) is 0. The van der Waals surface area contributed by atoms with E-state index in [2.05, 4.69) is 39.6 Å². The van der Waals surface area contributed by atoms with E-state index in [1.165, 1.54) is 5.56 Å². The Labute approximate surface area is 160 Å². The van der Waals surface area contributed by atoms with Crippen LogP contribution in [0.3, 0.4) is 0 Å². The van der Waals surface area contributed by atoms with E-state index in [-0.39, 0.29) is 5.91 Å². The summed E-state index contributed by atoms with van der Waals surface area (Å²) in [5.74, 6) is 0.865. The Hall–Kier alpha value is -2.51. The molecule has 0 spiro atoms. The highest BCUT2D eigenvalue weighted by Crippen LogP contribution is 2.17. The molecule has 7 heteroatoms. The van der Waals surface area contributed by atoms with E-state index < -0.39 is 0 Å². The van der Waals surface area contributed by atoms with Gasteiger partial charge < -0.3 is 15.4 Å². The molecule has 1 aromatic heterocycles. The lowest BCUT2D eigenvalue weighted by Crippen LogP contribution is -2.39. The lowest BCUT2D eigenvalue weighted by atomic mass is 10.0. The molecule has 1 aromatic carbocycles. The SMILES string of the molecule is CC(C)c1ccc(NC(=O)c2ccc(NCCN3CCOCC3)nn2)cc1. The van der Waals surface area contributed by atoms with Crippen molar-refractivity contribution in [1.29, 1.82) is 0 Å². The van der Waals surface area contributed by atoms with Gasteiger partial charge in [0.2, 0.25) is 0 Å². The van der Waals surface area contributed by atoms with E-state index in [4.69, 9.17) is 4.74 Å². The summed E-state index contributed by atoms with van der Waals surface area (Å²) in [6.45, 7) is 9.50. The molecule has 7 nitrogen and oxygen atoms in total. The zero-order valence-corrected chi connectivity index (χ0v) is 15.9. The van der Waals surface area contributed by atoms with Crippen LogP contribution in [0.2, 0.25) is 0 Å². The molecule has 0 radical (unpaired) electrons. The first-order valence-corrected chi connectivity index (χ1v) is 9.41. The second kappa shape index (κ2) is 9.43. The Kier molecular flexibility index (Phi) is 6.73. The maximum atomic E-state index is 12.3. The van der Waals surface area contributed by atoms with Crippen LogP contribution in [0.1, 0.15) is 35.8 Å². The average Bonchev–Trinajstić information content (AvgIpc) is 2.70. The zero-order chi connectivity index (χ0) is 19.1. The minimum Gasteiger partial charge on any atom is -0.379 e. The van der Waals surface area contributed by atoms with Gasteiger partial charge in [-0.3, -0.25) is 9.69 Å². The Bertz CT molecular complexity index is 725. The smallest absolute Gasteiger partial charge is 0.276 e. The van der Waals surface area contributed by atoms with Gasteiger partial charge in [-0.25, -0.2) is 0 Å². The van der Waals surface area contributed by atoms with Gasteiger partial charge in [-0.2, -0.15) is 0 Å². The van der Waals surface area contributed by atoms with Gasteiger partial charge in [0.15, 0.2) is 5.69 Å². The first-order valence-electron chi connectivity index (χ1n) is 9.41. The molecule has 1 saturated heterocycles. The van der Waals surface area contributed by atoms with Crippen LogP contribution in [0.15, 0.2) is 36.4 Å². The van der Waals surface area contributed by atoms with Gasteiger partial charge in [-0.15, -0.1) is 10.2 Å². The molecule has 1 aliphatic rings. The van der Waals surface area contributed by atoms with E-state index >= 15 is 0 Å². The molecule has 0 atom stereocenters. The Morgan fingerprint density at radius 1 is 1.11 bits per heavy atom. The predicted molar refractivity (Wildman–Crippen MR) is 106 cm³/mol. The Morgan fingerprint density at radius 2 is 1.85 bits per heavy atom. The average molecular weight is 369 g/mol. The molecule has 0 bridgehead atoms. The fourth-order valence-corrected chi connectivity index (χ4v) is 2.86. The van der Waals surface area contributed by atoms with Crippen LogP contribution >= 0.6 is 0 Å². The van der Waals surface area contributed by atoms with Crippen molar-refractivity contribution in [3.63, 3.8) is 0 Å². The largest absolute Gasteiger partial charge is 0.379 e. The second-order valence-corrected chi connectivity index (χ2v) is 6.92. The molecule has 1 aliphatic heterocycles. The summed E-state index contributed by atoms with van der Waals surface area (Å²) < 4.78 is 5.34. The number of hydrogen-bond acceptors (Lipinski definition) is 6. The van der Waals surface area contributed by atoms with Gasteiger partial charge in [0.25, 0.3) is 5.91 Å². The minimum atomic E-state index is -0.264. The molecule has 144 valence electrons. The van der Waals surface area contributed by atoms with Crippen LogP contribution in [-0.2, 0) is 4.74 Å². The van der Waals surface area contributed by atoms with Crippen LogP contribution in [0.5, 0.6) is 0 Å². The number of carbonyl (C=O) groups excluding carboxylic acids is 1. The molecule has 27 heavy (non-hydrogen) atoms. The number of nitrogens with zero attached hydrogens (tertiary/aromatic N) is 3. The summed E-state index contributed by atoms with van der Waals surface area (Å²) in [7, 11) is 0. The van der Waals surface area contributed by atoms with E-state index in [1.54, 1.807) is 12.1 Å². The molecule has 3 rings (SSSR count). The number of anilines is 2. The monoisotopic (exact) mass is 369 g/mol. The van der Waals surface area contributed by atoms with Crippen molar-refractivity contribution < 1.29 is 9.53 Å². The fraction of sp³-hybridized carbons (Fsp3) is 0.450. The van der Waals surface area contributed by atoms with Crippen molar-refractivity contribution in [2.75, 3.05) is 50.0 Å². The highest BCUT2D eigenvalue weighted by Gasteiger charge is 2.11. The second-order valence-electron chi connectivity index (χ2n) is 6.92. The minimum absolute atomic E-state index is 0.264. The van der Waals surface area contributed by atoms with Gasteiger partial charge >= 0.3 is 0 Å². The van der Waals surface area contributed by atoms with Crippen molar-refractivity contribution >= 4 is 17.4 Å². The molecule has 2 heterocycles. The quantitative estimate of drug-likeness (QED) is 0.781.